The van der Waals surface area contributed by atoms with Crippen LogP contribution >= 0.6 is 0 Å². The van der Waals surface area contributed by atoms with Crippen LogP contribution < -0.4 is 5.32 Å². The zero-order chi connectivity index (χ0) is 19.4. The molecule has 2 heterocycles. The Morgan fingerprint density at radius 1 is 1.19 bits per heavy atom. The summed E-state index contributed by atoms with van der Waals surface area (Å²) in [6.45, 7) is 4.58. The zero-order valence-electron chi connectivity index (χ0n) is 17.4. The van der Waals surface area contributed by atoms with Gasteiger partial charge in [0, 0.05) is 43.5 Å². The lowest BCUT2D eigenvalue weighted by Gasteiger charge is -2.25. The van der Waals surface area contributed by atoms with Crippen LogP contribution in [0.15, 0.2) is 0 Å². The number of carbonyl (C=O) groups is 1. The Kier molecular flexibility index (Phi) is 6.82. The molecule has 0 bridgehead atoms. The number of aryl methyl sites for hydroxylation is 2. The summed E-state index contributed by atoms with van der Waals surface area (Å²) in [6.07, 6.45) is 7.39. The Balaban J connectivity index is 1.51. The second kappa shape index (κ2) is 9.11. The summed E-state index contributed by atoms with van der Waals surface area (Å²) in [5, 5.41) is 3.13. The number of nitrogens with one attached hydrogen (secondary N) is 1. The predicted molar refractivity (Wildman–Crippen MR) is 108 cm³/mol. The standard InChI is InChI=1S/C21H35N5O/c1-15-18-7-5-6-8-19(18)24-20(23-15)11-12-22-21(27)16-9-10-17(25(2)3)14-26(4)13-16/h16-17H,5-14H2,1-4H3,(H,22,27)/t16-,17+/m1/s1. The van der Waals surface area contributed by atoms with Gasteiger partial charge in [0.05, 0.1) is 5.92 Å². The highest BCUT2D eigenvalue weighted by Gasteiger charge is 2.27. The molecular weight excluding hydrogens is 338 g/mol. The second-order valence-electron chi connectivity index (χ2n) is 8.51. The molecule has 1 aromatic heterocycles. The van der Waals surface area contributed by atoms with Gasteiger partial charge in [-0.05, 0) is 72.2 Å². The van der Waals surface area contributed by atoms with Crippen molar-refractivity contribution in [2.24, 2.45) is 5.92 Å². The third kappa shape index (κ3) is 5.26. The van der Waals surface area contributed by atoms with E-state index in [1.54, 1.807) is 0 Å². The van der Waals surface area contributed by atoms with Gasteiger partial charge in [0.15, 0.2) is 0 Å². The van der Waals surface area contributed by atoms with Gasteiger partial charge in [-0.3, -0.25) is 4.79 Å². The zero-order valence-corrected chi connectivity index (χ0v) is 17.4. The van der Waals surface area contributed by atoms with E-state index in [-0.39, 0.29) is 11.8 Å². The summed E-state index contributed by atoms with van der Waals surface area (Å²) >= 11 is 0. The molecule has 1 amide bonds. The molecule has 0 unspecified atom stereocenters. The molecule has 1 fully saturated rings. The molecule has 1 aliphatic carbocycles. The third-order valence-electron chi connectivity index (χ3n) is 6.09. The van der Waals surface area contributed by atoms with E-state index in [1.807, 2.05) is 0 Å². The predicted octanol–water partition coefficient (Wildman–Crippen LogP) is 1.59. The van der Waals surface area contributed by atoms with Crippen molar-refractivity contribution in [3.8, 4) is 0 Å². The summed E-state index contributed by atoms with van der Waals surface area (Å²) in [5.74, 6) is 1.13. The van der Waals surface area contributed by atoms with Crippen LogP contribution in [0.25, 0.3) is 0 Å². The Hall–Kier alpha value is -1.53. The normalized spacial score (nSPS) is 23.7. The van der Waals surface area contributed by atoms with Gasteiger partial charge in [-0.2, -0.15) is 0 Å². The number of rotatable bonds is 5. The minimum absolute atomic E-state index is 0.0751. The summed E-state index contributed by atoms with van der Waals surface area (Å²) in [7, 11) is 6.37. The molecule has 0 radical (unpaired) electrons. The van der Waals surface area contributed by atoms with Gasteiger partial charge in [0.2, 0.25) is 5.91 Å². The Bertz CT molecular complexity index is 660. The summed E-state index contributed by atoms with van der Waals surface area (Å²) < 4.78 is 0. The fraction of sp³-hybridized carbons (Fsp3) is 0.762. The SMILES string of the molecule is Cc1nc(CCNC(=O)[C@@H]2CC[C@H](N(C)C)CN(C)C2)nc2c1CCCC2. The Labute approximate surface area is 163 Å². The largest absolute Gasteiger partial charge is 0.355 e. The van der Waals surface area contributed by atoms with Crippen molar-refractivity contribution in [3.63, 3.8) is 0 Å². The van der Waals surface area contributed by atoms with Crippen LogP contribution in [-0.4, -0.2) is 72.5 Å². The average Bonchev–Trinajstić information content (AvgIpc) is 2.83. The van der Waals surface area contributed by atoms with Gasteiger partial charge in [0.1, 0.15) is 5.82 Å². The summed E-state index contributed by atoms with van der Waals surface area (Å²) in [5.41, 5.74) is 3.71. The van der Waals surface area contributed by atoms with Gasteiger partial charge < -0.3 is 15.1 Å². The highest BCUT2D eigenvalue weighted by atomic mass is 16.1. The van der Waals surface area contributed by atoms with Crippen LogP contribution in [0.1, 0.15) is 48.5 Å². The van der Waals surface area contributed by atoms with Crippen molar-refractivity contribution in [1.82, 2.24) is 25.1 Å². The highest BCUT2D eigenvalue weighted by Crippen LogP contribution is 2.22. The van der Waals surface area contributed by atoms with Crippen molar-refractivity contribution < 1.29 is 4.79 Å². The van der Waals surface area contributed by atoms with Gasteiger partial charge >= 0.3 is 0 Å². The molecule has 0 spiro atoms. The number of amides is 1. The number of likely N-dealkylation sites (tertiary alicyclic amines) is 1. The van der Waals surface area contributed by atoms with E-state index in [0.29, 0.717) is 19.0 Å². The topological polar surface area (TPSA) is 61.4 Å². The molecular formula is C21H35N5O. The summed E-state index contributed by atoms with van der Waals surface area (Å²) in [6, 6.07) is 0.527. The van der Waals surface area contributed by atoms with Crippen LogP contribution in [-0.2, 0) is 24.1 Å². The molecule has 0 saturated carbocycles. The van der Waals surface area contributed by atoms with Crippen molar-refractivity contribution in [3.05, 3.63) is 22.8 Å². The number of nitrogens with zero attached hydrogens (tertiary/aromatic N) is 4. The number of fused-ring (bicyclic) bond motifs is 1. The third-order valence-corrected chi connectivity index (χ3v) is 6.09. The van der Waals surface area contributed by atoms with E-state index in [0.717, 1.165) is 50.3 Å². The van der Waals surface area contributed by atoms with Crippen molar-refractivity contribution in [1.29, 1.82) is 0 Å². The van der Waals surface area contributed by atoms with E-state index in [9.17, 15) is 4.79 Å². The second-order valence-corrected chi connectivity index (χ2v) is 8.51. The smallest absolute Gasteiger partial charge is 0.224 e. The van der Waals surface area contributed by atoms with Crippen molar-refractivity contribution >= 4 is 5.91 Å². The molecule has 6 nitrogen and oxygen atoms in total. The maximum Gasteiger partial charge on any atom is 0.224 e. The monoisotopic (exact) mass is 373 g/mol. The fourth-order valence-corrected chi connectivity index (χ4v) is 4.42. The van der Waals surface area contributed by atoms with E-state index >= 15 is 0 Å². The first-order valence-electron chi connectivity index (χ1n) is 10.4. The van der Waals surface area contributed by atoms with Crippen LogP contribution in [0.5, 0.6) is 0 Å². The molecule has 150 valence electrons. The molecule has 2 aliphatic rings. The van der Waals surface area contributed by atoms with Crippen LogP contribution in [0.2, 0.25) is 0 Å². The minimum atomic E-state index is 0.0751. The van der Waals surface area contributed by atoms with Crippen molar-refractivity contribution in [2.45, 2.75) is 57.9 Å². The number of hydrogen-bond donors (Lipinski definition) is 1. The summed E-state index contributed by atoms with van der Waals surface area (Å²) in [4.78, 5) is 26.7. The van der Waals surface area contributed by atoms with Gasteiger partial charge in [0.25, 0.3) is 0 Å². The molecule has 2 atom stereocenters. The number of aromatic nitrogens is 2. The molecule has 1 N–H and O–H groups in total. The van der Waals surface area contributed by atoms with E-state index in [1.165, 1.54) is 24.1 Å². The van der Waals surface area contributed by atoms with Gasteiger partial charge in [-0.1, -0.05) is 0 Å². The molecule has 1 aromatic rings. The molecule has 3 rings (SSSR count). The number of likely N-dealkylation sites (N-methyl/N-ethyl adjacent to an activating group) is 2. The number of carbonyl (C=O) groups excluding carboxylic acids is 1. The highest BCUT2D eigenvalue weighted by molar-refractivity contribution is 5.78. The van der Waals surface area contributed by atoms with Crippen LogP contribution in [0.4, 0.5) is 0 Å². The average molecular weight is 374 g/mol. The lowest BCUT2D eigenvalue weighted by Crippen LogP contribution is -2.39. The first-order chi connectivity index (χ1) is 12.9. The fourth-order valence-electron chi connectivity index (χ4n) is 4.42. The minimum Gasteiger partial charge on any atom is -0.355 e. The van der Waals surface area contributed by atoms with Crippen LogP contribution in [0, 0.1) is 12.8 Å². The molecule has 1 saturated heterocycles. The maximum absolute atomic E-state index is 12.7. The van der Waals surface area contributed by atoms with Crippen LogP contribution in [0.3, 0.4) is 0 Å². The lowest BCUT2D eigenvalue weighted by atomic mass is 9.95. The molecule has 1 aliphatic heterocycles. The van der Waals surface area contributed by atoms with Crippen molar-refractivity contribution in [2.75, 3.05) is 40.8 Å². The first-order valence-corrected chi connectivity index (χ1v) is 10.4. The first kappa shape index (κ1) is 20.2. The number of hydrogen-bond acceptors (Lipinski definition) is 5. The van der Waals surface area contributed by atoms with E-state index in [2.05, 4.69) is 48.2 Å². The molecule has 27 heavy (non-hydrogen) atoms. The quantitative estimate of drug-likeness (QED) is 0.849. The van der Waals surface area contributed by atoms with Gasteiger partial charge in [-0.25, -0.2) is 9.97 Å². The molecule has 6 heteroatoms. The Morgan fingerprint density at radius 3 is 2.74 bits per heavy atom. The van der Waals surface area contributed by atoms with E-state index < -0.39 is 0 Å². The van der Waals surface area contributed by atoms with Gasteiger partial charge in [-0.15, -0.1) is 0 Å². The molecule has 0 aromatic carbocycles. The van der Waals surface area contributed by atoms with E-state index in [4.69, 9.17) is 4.98 Å². The lowest BCUT2D eigenvalue weighted by molar-refractivity contribution is -0.125. The maximum atomic E-state index is 12.7. The Morgan fingerprint density at radius 2 is 1.96 bits per heavy atom.